The van der Waals surface area contributed by atoms with Crippen molar-refractivity contribution in [2.24, 2.45) is 5.41 Å². The number of carbonyl (C=O) groups is 2. The number of carboxylic acids is 1. The summed E-state index contributed by atoms with van der Waals surface area (Å²) < 4.78 is 1.96. The van der Waals surface area contributed by atoms with Gasteiger partial charge >= 0.3 is 12.0 Å². The first kappa shape index (κ1) is 19.9. The molecule has 1 aliphatic heterocycles. The molecular weight excluding hydrogens is 382 g/mol. The molecule has 0 saturated heterocycles. The van der Waals surface area contributed by atoms with E-state index in [9.17, 15) is 19.5 Å². The number of amides is 2. The Balaban J connectivity index is 1.90. The van der Waals surface area contributed by atoms with Crippen LogP contribution in [0.2, 0.25) is 0 Å². The quantitative estimate of drug-likeness (QED) is 0.706. The van der Waals surface area contributed by atoms with Gasteiger partial charge in [-0.25, -0.2) is 9.59 Å². The number of urea groups is 1. The fourth-order valence-electron chi connectivity index (χ4n) is 4.51. The van der Waals surface area contributed by atoms with E-state index >= 15 is 0 Å². The van der Waals surface area contributed by atoms with Crippen molar-refractivity contribution in [1.82, 2.24) is 9.88 Å². The zero-order chi connectivity index (χ0) is 21.8. The number of pyridine rings is 1. The molecule has 1 atom stereocenters. The zero-order valence-corrected chi connectivity index (χ0v) is 17.5. The van der Waals surface area contributed by atoms with Gasteiger partial charge in [0, 0.05) is 43.2 Å². The van der Waals surface area contributed by atoms with Crippen molar-refractivity contribution in [2.75, 3.05) is 12.4 Å². The molecular formula is C23H25N3O4. The second-order valence-corrected chi connectivity index (χ2v) is 8.90. The molecule has 2 heterocycles. The van der Waals surface area contributed by atoms with Gasteiger partial charge in [0.2, 0.25) is 0 Å². The number of nitrogens with zero attached hydrogens (tertiary/aromatic N) is 1. The molecule has 4 rings (SSSR count). The molecule has 1 aromatic carbocycles. The molecule has 0 bridgehead atoms. The SMILES string of the molecule is CNC(=O)Nc1cccc2c1CC1=C2C[C@@H](C(C)(C)C)n2cc(C(=O)O)c(=O)cc21. The molecule has 0 saturated carbocycles. The fraction of sp³-hybridized carbons (Fsp3) is 0.348. The molecule has 3 N–H and O–H groups in total. The highest BCUT2D eigenvalue weighted by Gasteiger charge is 2.38. The molecule has 2 aromatic rings. The second-order valence-electron chi connectivity index (χ2n) is 8.90. The Kier molecular flexibility index (Phi) is 4.56. The van der Waals surface area contributed by atoms with Crippen LogP contribution >= 0.6 is 0 Å². The van der Waals surface area contributed by atoms with E-state index in [-0.39, 0.29) is 23.1 Å². The summed E-state index contributed by atoms with van der Waals surface area (Å²) >= 11 is 0. The van der Waals surface area contributed by atoms with Crippen LogP contribution in [0, 0.1) is 5.41 Å². The van der Waals surface area contributed by atoms with Gasteiger partial charge < -0.3 is 20.3 Å². The van der Waals surface area contributed by atoms with Crippen molar-refractivity contribution < 1.29 is 14.7 Å². The highest BCUT2D eigenvalue weighted by atomic mass is 16.4. The predicted octanol–water partition coefficient (Wildman–Crippen LogP) is 3.76. The van der Waals surface area contributed by atoms with Crippen LogP contribution in [0.15, 0.2) is 35.3 Å². The molecule has 156 valence electrons. The molecule has 0 unspecified atom stereocenters. The lowest BCUT2D eigenvalue weighted by Crippen LogP contribution is -2.32. The topological polar surface area (TPSA) is 100 Å². The van der Waals surface area contributed by atoms with Crippen molar-refractivity contribution in [3.8, 4) is 0 Å². The van der Waals surface area contributed by atoms with E-state index < -0.39 is 11.4 Å². The number of nitrogens with one attached hydrogen (secondary N) is 2. The summed E-state index contributed by atoms with van der Waals surface area (Å²) in [5.74, 6) is -1.21. The third-order valence-electron chi connectivity index (χ3n) is 6.05. The van der Waals surface area contributed by atoms with Gasteiger partial charge in [0.15, 0.2) is 5.43 Å². The minimum atomic E-state index is -1.21. The van der Waals surface area contributed by atoms with Crippen molar-refractivity contribution in [1.29, 1.82) is 0 Å². The number of anilines is 1. The van der Waals surface area contributed by atoms with E-state index in [0.717, 1.165) is 40.1 Å². The summed E-state index contributed by atoms with van der Waals surface area (Å²) in [5, 5.41) is 14.9. The Morgan fingerprint density at radius 3 is 2.57 bits per heavy atom. The number of aromatic carboxylic acids is 1. The molecule has 0 radical (unpaired) electrons. The lowest BCUT2D eigenvalue weighted by Gasteiger charge is -2.39. The number of carboxylic acid groups (broad SMARTS) is 1. The molecule has 1 aromatic heterocycles. The van der Waals surface area contributed by atoms with Crippen LogP contribution < -0.4 is 16.1 Å². The Hall–Kier alpha value is -3.35. The molecule has 7 heteroatoms. The Labute approximate surface area is 174 Å². The minimum Gasteiger partial charge on any atom is -0.477 e. The molecule has 2 aliphatic rings. The van der Waals surface area contributed by atoms with Gasteiger partial charge in [-0.15, -0.1) is 0 Å². The van der Waals surface area contributed by atoms with Gasteiger partial charge in [-0.2, -0.15) is 0 Å². The van der Waals surface area contributed by atoms with E-state index in [1.54, 1.807) is 7.05 Å². The normalized spacial score (nSPS) is 17.1. The lowest BCUT2D eigenvalue weighted by molar-refractivity contribution is 0.0693. The van der Waals surface area contributed by atoms with Gasteiger partial charge in [0.1, 0.15) is 5.56 Å². The number of hydrogen-bond acceptors (Lipinski definition) is 3. The monoisotopic (exact) mass is 407 g/mol. The van der Waals surface area contributed by atoms with Crippen molar-refractivity contribution in [3.63, 3.8) is 0 Å². The number of carbonyl (C=O) groups excluding carboxylic acids is 1. The largest absolute Gasteiger partial charge is 0.477 e. The maximum atomic E-state index is 12.5. The van der Waals surface area contributed by atoms with Crippen molar-refractivity contribution >= 4 is 28.8 Å². The smallest absolute Gasteiger partial charge is 0.341 e. The summed E-state index contributed by atoms with van der Waals surface area (Å²) in [5.41, 5.74) is 4.91. The highest BCUT2D eigenvalue weighted by molar-refractivity contribution is 6.01. The van der Waals surface area contributed by atoms with E-state index in [2.05, 4.69) is 31.4 Å². The second kappa shape index (κ2) is 6.86. The Morgan fingerprint density at radius 1 is 1.20 bits per heavy atom. The van der Waals surface area contributed by atoms with Crippen molar-refractivity contribution in [3.05, 3.63) is 63.1 Å². The first-order valence-corrected chi connectivity index (χ1v) is 9.94. The van der Waals surface area contributed by atoms with Crippen LogP contribution in [0.3, 0.4) is 0 Å². The Bertz CT molecular complexity index is 1170. The van der Waals surface area contributed by atoms with Crippen LogP contribution in [0.5, 0.6) is 0 Å². The van der Waals surface area contributed by atoms with E-state index in [1.165, 1.54) is 12.3 Å². The van der Waals surface area contributed by atoms with Crippen LogP contribution in [-0.4, -0.2) is 28.7 Å². The maximum Gasteiger partial charge on any atom is 0.341 e. The molecule has 0 fully saturated rings. The van der Waals surface area contributed by atoms with Crippen LogP contribution in [0.4, 0.5) is 10.5 Å². The third-order valence-corrected chi connectivity index (χ3v) is 6.05. The first-order valence-electron chi connectivity index (χ1n) is 9.94. The summed E-state index contributed by atoms with van der Waals surface area (Å²) in [4.78, 5) is 36.0. The number of allylic oxidation sites excluding steroid dienone is 2. The van der Waals surface area contributed by atoms with Gasteiger partial charge in [-0.1, -0.05) is 32.9 Å². The van der Waals surface area contributed by atoms with Gasteiger partial charge in [-0.3, -0.25) is 4.79 Å². The maximum absolute atomic E-state index is 12.5. The predicted molar refractivity (Wildman–Crippen MR) is 116 cm³/mol. The summed E-state index contributed by atoms with van der Waals surface area (Å²) in [6.07, 6.45) is 2.80. The van der Waals surface area contributed by atoms with Gasteiger partial charge in [-0.05, 0) is 40.2 Å². The van der Waals surface area contributed by atoms with Crippen LogP contribution in [0.1, 0.15) is 60.4 Å². The van der Waals surface area contributed by atoms with E-state index in [1.807, 2.05) is 22.8 Å². The summed E-state index contributed by atoms with van der Waals surface area (Å²) in [6.45, 7) is 6.35. The average Bonchev–Trinajstić information content (AvgIpc) is 3.06. The Morgan fingerprint density at radius 2 is 1.93 bits per heavy atom. The standard InChI is InChI=1S/C23H25N3O4/c1-23(2,3)20-9-13-12-6-5-7-17(25-22(30)24-4)14(12)8-15(13)18-10-19(27)16(21(28)29)11-26(18)20/h5-7,10-11,20H,8-9H2,1-4H3,(H,28,29)(H2,24,25,30)/t20-/m0/s1. The van der Waals surface area contributed by atoms with Crippen molar-refractivity contribution in [2.45, 2.75) is 39.7 Å². The van der Waals surface area contributed by atoms with Crippen LogP contribution in [0.25, 0.3) is 11.1 Å². The van der Waals surface area contributed by atoms with E-state index in [0.29, 0.717) is 6.42 Å². The molecule has 1 aliphatic carbocycles. The fourth-order valence-corrected chi connectivity index (χ4v) is 4.51. The minimum absolute atomic E-state index is 0.00791. The molecule has 7 nitrogen and oxygen atoms in total. The molecule has 30 heavy (non-hydrogen) atoms. The van der Waals surface area contributed by atoms with Gasteiger partial charge in [0.05, 0.1) is 0 Å². The average molecular weight is 407 g/mol. The summed E-state index contributed by atoms with van der Waals surface area (Å²) in [7, 11) is 1.57. The number of aromatic nitrogens is 1. The first-order chi connectivity index (χ1) is 14.1. The summed E-state index contributed by atoms with van der Waals surface area (Å²) in [6, 6.07) is 6.99. The molecule has 2 amide bonds. The number of hydrogen-bond donors (Lipinski definition) is 3. The zero-order valence-electron chi connectivity index (χ0n) is 17.5. The number of rotatable bonds is 2. The lowest BCUT2D eigenvalue weighted by atomic mass is 9.78. The highest BCUT2D eigenvalue weighted by Crippen LogP contribution is 2.51. The molecule has 0 spiro atoms. The number of benzene rings is 1. The third kappa shape index (κ3) is 3.10. The van der Waals surface area contributed by atoms with E-state index in [4.69, 9.17) is 0 Å². The van der Waals surface area contributed by atoms with Gasteiger partial charge in [0.25, 0.3) is 0 Å². The van der Waals surface area contributed by atoms with Crippen LogP contribution in [-0.2, 0) is 6.42 Å². The number of fused-ring (bicyclic) bond motifs is 4.